The summed E-state index contributed by atoms with van der Waals surface area (Å²) in [5, 5.41) is 6.54. The molecular weight excluding hydrogens is 301 g/mol. The highest BCUT2D eigenvalue weighted by Gasteiger charge is 2.17. The molecule has 23 heavy (non-hydrogen) atoms. The molecule has 1 aromatic carbocycles. The van der Waals surface area contributed by atoms with Gasteiger partial charge in [-0.15, -0.1) is 0 Å². The van der Waals surface area contributed by atoms with Crippen LogP contribution < -0.4 is 5.32 Å². The number of carbonyl (C=O) groups excluding carboxylic acids is 2. The lowest BCUT2D eigenvalue weighted by molar-refractivity contribution is -0.153. The van der Waals surface area contributed by atoms with E-state index in [-0.39, 0.29) is 18.1 Å². The minimum Gasteiger partial charge on any atom is -0.459 e. The quantitative estimate of drug-likeness (QED) is 0.876. The van der Waals surface area contributed by atoms with Gasteiger partial charge in [0.05, 0.1) is 5.69 Å². The summed E-state index contributed by atoms with van der Waals surface area (Å²) in [5.41, 5.74) is 0.168. The van der Waals surface area contributed by atoms with E-state index in [1.807, 2.05) is 0 Å². The summed E-state index contributed by atoms with van der Waals surface area (Å²) in [6.45, 7) is 5.00. The van der Waals surface area contributed by atoms with Crippen molar-refractivity contribution < 1.29 is 18.7 Å². The third-order valence-corrected chi connectivity index (χ3v) is 2.73. The van der Waals surface area contributed by atoms with Crippen LogP contribution in [0.5, 0.6) is 0 Å². The molecule has 2 aromatic rings. The number of benzene rings is 1. The molecule has 1 amide bonds. The van der Waals surface area contributed by atoms with Crippen molar-refractivity contribution >= 4 is 11.9 Å². The predicted octanol–water partition coefficient (Wildman–Crippen LogP) is 2.08. The van der Waals surface area contributed by atoms with Crippen LogP contribution in [0.4, 0.5) is 4.39 Å². The van der Waals surface area contributed by atoms with Gasteiger partial charge in [0.15, 0.2) is 5.69 Å². The molecule has 1 aromatic heterocycles. The Kier molecular flexibility index (Phi) is 4.78. The van der Waals surface area contributed by atoms with Gasteiger partial charge in [0.25, 0.3) is 5.91 Å². The number of rotatable bonds is 4. The van der Waals surface area contributed by atoms with Crippen molar-refractivity contribution in [2.45, 2.75) is 26.4 Å². The van der Waals surface area contributed by atoms with Gasteiger partial charge < -0.3 is 10.1 Å². The summed E-state index contributed by atoms with van der Waals surface area (Å²) in [4.78, 5) is 23.5. The van der Waals surface area contributed by atoms with Gasteiger partial charge >= 0.3 is 5.97 Å². The molecule has 0 atom stereocenters. The van der Waals surface area contributed by atoms with Crippen LogP contribution in [0.1, 0.15) is 31.3 Å². The van der Waals surface area contributed by atoms with Gasteiger partial charge in [-0.3, -0.25) is 9.59 Å². The van der Waals surface area contributed by atoms with E-state index < -0.39 is 17.5 Å². The molecule has 122 valence electrons. The highest BCUT2D eigenvalue weighted by atomic mass is 19.1. The number of hydrogen-bond acceptors (Lipinski definition) is 4. The van der Waals surface area contributed by atoms with Gasteiger partial charge in [0, 0.05) is 6.20 Å². The van der Waals surface area contributed by atoms with Gasteiger partial charge in [-0.25, -0.2) is 9.07 Å². The number of halogens is 1. The van der Waals surface area contributed by atoms with E-state index in [2.05, 4.69) is 10.4 Å². The maximum atomic E-state index is 12.9. The monoisotopic (exact) mass is 319 g/mol. The van der Waals surface area contributed by atoms with Crippen molar-refractivity contribution in [2.24, 2.45) is 0 Å². The molecule has 1 heterocycles. The second-order valence-corrected chi connectivity index (χ2v) is 5.89. The third-order valence-electron chi connectivity index (χ3n) is 2.73. The van der Waals surface area contributed by atoms with Crippen molar-refractivity contribution in [3.63, 3.8) is 0 Å². The Morgan fingerprint density at radius 1 is 1.22 bits per heavy atom. The molecule has 6 nitrogen and oxygen atoms in total. The van der Waals surface area contributed by atoms with Crippen molar-refractivity contribution in [1.82, 2.24) is 15.1 Å². The van der Waals surface area contributed by atoms with E-state index in [1.165, 1.54) is 22.9 Å². The second-order valence-electron chi connectivity index (χ2n) is 5.89. The molecular formula is C16H18FN3O3. The molecule has 0 spiro atoms. The van der Waals surface area contributed by atoms with Crippen LogP contribution in [0.15, 0.2) is 36.5 Å². The Morgan fingerprint density at radius 3 is 2.48 bits per heavy atom. The Balaban J connectivity index is 1.96. The van der Waals surface area contributed by atoms with Crippen molar-refractivity contribution in [3.8, 4) is 5.69 Å². The molecule has 7 heteroatoms. The van der Waals surface area contributed by atoms with Gasteiger partial charge in [-0.1, -0.05) is 0 Å². The van der Waals surface area contributed by atoms with Crippen molar-refractivity contribution in [1.29, 1.82) is 0 Å². The molecule has 0 aliphatic carbocycles. The van der Waals surface area contributed by atoms with Crippen LogP contribution in [0.3, 0.4) is 0 Å². The highest BCUT2D eigenvalue weighted by molar-refractivity contribution is 5.94. The number of nitrogens with one attached hydrogen (secondary N) is 1. The zero-order valence-corrected chi connectivity index (χ0v) is 13.2. The van der Waals surface area contributed by atoms with E-state index >= 15 is 0 Å². The smallest absolute Gasteiger partial charge is 0.325 e. The molecule has 0 unspecified atom stereocenters. The summed E-state index contributed by atoms with van der Waals surface area (Å²) in [6.07, 6.45) is 1.58. The van der Waals surface area contributed by atoms with Gasteiger partial charge in [-0.05, 0) is 51.1 Å². The summed E-state index contributed by atoms with van der Waals surface area (Å²) < 4.78 is 19.4. The summed E-state index contributed by atoms with van der Waals surface area (Å²) in [6, 6.07) is 7.21. The van der Waals surface area contributed by atoms with Gasteiger partial charge in [-0.2, -0.15) is 5.10 Å². The first-order valence-corrected chi connectivity index (χ1v) is 7.06. The number of ether oxygens (including phenoxy) is 1. The largest absolute Gasteiger partial charge is 0.459 e. The van der Waals surface area contributed by atoms with Crippen molar-refractivity contribution in [3.05, 3.63) is 48.0 Å². The minimum atomic E-state index is -0.605. The lowest BCUT2D eigenvalue weighted by Gasteiger charge is -2.19. The molecule has 0 aliphatic heterocycles. The van der Waals surface area contributed by atoms with Crippen LogP contribution in [0, 0.1) is 5.82 Å². The first-order chi connectivity index (χ1) is 10.7. The normalized spacial score (nSPS) is 11.1. The highest BCUT2D eigenvalue weighted by Crippen LogP contribution is 2.09. The number of amides is 1. The minimum absolute atomic E-state index is 0.151. The molecule has 1 N–H and O–H groups in total. The second kappa shape index (κ2) is 6.60. The number of hydrogen-bond donors (Lipinski definition) is 1. The van der Waals surface area contributed by atoms with Crippen LogP contribution in [0.2, 0.25) is 0 Å². The average molecular weight is 319 g/mol. The maximum absolute atomic E-state index is 12.9. The Labute approximate surface area is 133 Å². The molecule has 0 radical (unpaired) electrons. The Morgan fingerprint density at radius 2 is 1.87 bits per heavy atom. The lowest BCUT2D eigenvalue weighted by Crippen LogP contribution is -2.34. The molecule has 0 aliphatic rings. The van der Waals surface area contributed by atoms with Gasteiger partial charge in [0.2, 0.25) is 0 Å². The lowest BCUT2D eigenvalue weighted by atomic mass is 10.2. The molecule has 0 saturated carbocycles. The van der Waals surface area contributed by atoms with Crippen molar-refractivity contribution in [2.75, 3.05) is 6.54 Å². The van der Waals surface area contributed by atoms with E-state index in [4.69, 9.17) is 4.74 Å². The Bertz CT molecular complexity index is 702. The average Bonchev–Trinajstić information content (AvgIpc) is 2.93. The number of esters is 1. The topological polar surface area (TPSA) is 73.2 Å². The summed E-state index contributed by atoms with van der Waals surface area (Å²) in [5.74, 6) is -1.36. The van der Waals surface area contributed by atoms with E-state index in [0.29, 0.717) is 5.69 Å². The van der Waals surface area contributed by atoms with E-state index in [0.717, 1.165) is 0 Å². The fourth-order valence-corrected chi connectivity index (χ4v) is 1.80. The molecule has 0 fully saturated rings. The predicted molar refractivity (Wildman–Crippen MR) is 81.7 cm³/mol. The summed E-state index contributed by atoms with van der Waals surface area (Å²) >= 11 is 0. The van der Waals surface area contributed by atoms with E-state index in [9.17, 15) is 14.0 Å². The third kappa shape index (κ3) is 4.91. The SMILES string of the molecule is CC(C)(C)OC(=O)CNC(=O)c1ccn(-c2ccc(F)cc2)n1. The first-order valence-electron chi connectivity index (χ1n) is 7.06. The fourth-order valence-electron chi connectivity index (χ4n) is 1.80. The standard InChI is InChI=1S/C16H18FN3O3/c1-16(2,3)23-14(21)10-18-15(22)13-8-9-20(19-13)12-6-4-11(17)5-7-12/h4-9H,10H2,1-3H3,(H,18,22). The Hall–Kier alpha value is -2.70. The fraction of sp³-hybridized carbons (Fsp3) is 0.312. The van der Waals surface area contributed by atoms with Crippen LogP contribution in [0.25, 0.3) is 5.69 Å². The first kappa shape index (κ1) is 16.7. The molecule has 0 bridgehead atoms. The summed E-state index contributed by atoms with van der Waals surface area (Å²) in [7, 11) is 0. The molecule has 2 rings (SSSR count). The number of nitrogens with zero attached hydrogens (tertiary/aromatic N) is 2. The van der Waals surface area contributed by atoms with Crippen LogP contribution in [-0.4, -0.2) is 33.8 Å². The van der Waals surface area contributed by atoms with Crippen LogP contribution in [-0.2, 0) is 9.53 Å². The van der Waals surface area contributed by atoms with Crippen LogP contribution >= 0.6 is 0 Å². The zero-order chi connectivity index (χ0) is 17.0. The zero-order valence-electron chi connectivity index (χ0n) is 13.2. The van der Waals surface area contributed by atoms with E-state index in [1.54, 1.807) is 39.1 Å². The van der Waals surface area contributed by atoms with Gasteiger partial charge in [0.1, 0.15) is 18.0 Å². The maximum Gasteiger partial charge on any atom is 0.325 e. The molecule has 0 saturated heterocycles. The number of carbonyl (C=O) groups is 2. The number of aromatic nitrogens is 2.